The van der Waals surface area contributed by atoms with Crippen molar-refractivity contribution in [3.63, 3.8) is 0 Å². The summed E-state index contributed by atoms with van der Waals surface area (Å²) in [6, 6.07) is 8.19. The molecule has 4 rings (SSSR count). The van der Waals surface area contributed by atoms with Crippen molar-refractivity contribution in [1.82, 2.24) is 19.4 Å². The summed E-state index contributed by atoms with van der Waals surface area (Å²) in [6.45, 7) is 2.90. The van der Waals surface area contributed by atoms with Crippen LogP contribution in [0.25, 0.3) is 11.0 Å². The minimum atomic E-state index is 0.167. The molecule has 1 atom stereocenters. The topological polar surface area (TPSA) is 58.4 Å². The SMILES string of the molecule is Cn1c(C2CCCN(C(=O)CCN3CCCCCC3=O)C2)nc2ccccc21. The third-order valence-electron chi connectivity index (χ3n) is 6.23. The average molecular weight is 383 g/mol. The molecule has 150 valence electrons. The molecule has 2 aromatic rings. The number of piperidine rings is 1. The maximum Gasteiger partial charge on any atom is 0.224 e. The van der Waals surface area contributed by atoms with Crippen LogP contribution in [0.1, 0.15) is 56.7 Å². The number of aryl methyl sites for hydroxylation is 1. The number of aromatic nitrogens is 2. The van der Waals surface area contributed by atoms with Crippen molar-refractivity contribution < 1.29 is 9.59 Å². The number of carbonyl (C=O) groups excluding carboxylic acids is 2. The number of para-hydroxylation sites is 2. The monoisotopic (exact) mass is 382 g/mol. The van der Waals surface area contributed by atoms with E-state index in [0.717, 1.165) is 68.6 Å². The van der Waals surface area contributed by atoms with Gasteiger partial charge in [-0.1, -0.05) is 18.6 Å². The highest BCUT2D eigenvalue weighted by Crippen LogP contribution is 2.29. The van der Waals surface area contributed by atoms with E-state index < -0.39 is 0 Å². The molecule has 2 saturated heterocycles. The molecule has 2 aliphatic rings. The Morgan fingerprint density at radius 3 is 2.86 bits per heavy atom. The summed E-state index contributed by atoms with van der Waals surface area (Å²) in [5.41, 5.74) is 2.16. The maximum atomic E-state index is 12.8. The molecule has 3 heterocycles. The van der Waals surface area contributed by atoms with Crippen LogP contribution in [0, 0.1) is 0 Å². The first-order valence-electron chi connectivity index (χ1n) is 10.6. The van der Waals surface area contributed by atoms with Gasteiger partial charge in [-0.15, -0.1) is 0 Å². The van der Waals surface area contributed by atoms with Gasteiger partial charge in [0, 0.05) is 52.0 Å². The van der Waals surface area contributed by atoms with Crippen LogP contribution in [0.15, 0.2) is 24.3 Å². The van der Waals surface area contributed by atoms with Crippen LogP contribution in [-0.2, 0) is 16.6 Å². The second-order valence-electron chi connectivity index (χ2n) is 8.14. The number of amides is 2. The van der Waals surface area contributed by atoms with Crippen LogP contribution >= 0.6 is 0 Å². The highest BCUT2D eigenvalue weighted by molar-refractivity contribution is 5.79. The van der Waals surface area contributed by atoms with Gasteiger partial charge in [-0.3, -0.25) is 9.59 Å². The van der Waals surface area contributed by atoms with Gasteiger partial charge in [0.05, 0.1) is 11.0 Å². The lowest BCUT2D eigenvalue weighted by atomic mass is 9.97. The van der Waals surface area contributed by atoms with Gasteiger partial charge in [0.1, 0.15) is 5.82 Å². The number of nitrogens with zero attached hydrogens (tertiary/aromatic N) is 4. The third-order valence-corrected chi connectivity index (χ3v) is 6.23. The van der Waals surface area contributed by atoms with Gasteiger partial charge >= 0.3 is 0 Å². The van der Waals surface area contributed by atoms with Crippen LogP contribution in [0.5, 0.6) is 0 Å². The van der Waals surface area contributed by atoms with Crippen LogP contribution in [-0.4, -0.2) is 57.3 Å². The van der Waals surface area contributed by atoms with Gasteiger partial charge in [0.25, 0.3) is 0 Å². The number of likely N-dealkylation sites (tertiary alicyclic amines) is 2. The molecule has 1 aromatic carbocycles. The summed E-state index contributed by atoms with van der Waals surface area (Å²) in [4.78, 5) is 33.7. The minimum absolute atomic E-state index is 0.167. The quantitative estimate of drug-likeness (QED) is 0.817. The molecule has 0 aliphatic carbocycles. The Kier molecular flexibility index (Phi) is 5.64. The predicted molar refractivity (Wildman–Crippen MR) is 109 cm³/mol. The molecule has 2 fully saturated rings. The van der Waals surface area contributed by atoms with Gasteiger partial charge in [-0.05, 0) is 37.8 Å². The Balaban J connectivity index is 1.39. The van der Waals surface area contributed by atoms with Gasteiger partial charge < -0.3 is 14.4 Å². The largest absolute Gasteiger partial charge is 0.342 e. The van der Waals surface area contributed by atoms with Crippen LogP contribution < -0.4 is 0 Å². The zero-order valence-corrected chi connectivity index (χ0v) is 16.8. The van der Waals surface area contributed by atoms with Crippen LogP contribution in [0.2, 0.25) is 0 Å². The summed E-state index contributed by atoms with van der Waals surface area (Å²) in [6.07, 6.45) is 6.27. The van der Waals surface area contributed by atoms with Gasteiger partial charge in [-0.2, -0.15) is 0 Å². The number of benzene rings is 1. The predicted octanol–water partition coefficient (Wildman–Crippen LogP) is 3.07. The fourth-order valence-corrected chi connectivity index (χ4v) is 4.61. The molecule has 0 saturated carbocycles. The standard InChI is InChI=1S/C22H30N4O2/c1-24-19-10-5-4-9-18(19)23-22(24)17-8-7-14-26(16-17)21(28)12-15-25-13-6-2-3-11-20(25)27/h4-5,9-10,17H,2-3,6-8,11-16H2,1H3. The summed E-state index contributed by atoms with van der Waals surface area (Å²) in [5.74, 6) is 1.72. The normalized spacial score (nSPS) is 21.2. The first-order valence-corrected chi connectivity index (χ1v) is 10.6. The van der Waals surface area contributed by atoms with Crippen LogP contribution in [0.4, 0.5) is 0 Å². The zero-order chi connectivity index (χ0) is 19.5. The third kappa shape index (κ3) is 3.91. The van der Waals surface area contributed by atoms with E-state index in [2.05, 4.69) is 17.7 Å². The summed E-state index contributed by atoms with van der Waals surface area (Å²) < 4.78 is 2.17. The van der Waals surface area contributed by atoms with Crippen molar-refractivity contribution in [3.05, 3.63) is 30.1 Å². The zero-order valence-electron chi connectivity index (χ0n) is 16.8. The van der Waals surface area contributed by atoms with E-state index in [9.17, 15) is 9.59 Å². The lowest BCUT2D eigenvalue weighted by Gasteiger charge is -2.33. The summed E-state index contributed by atoms with van der Waals surface area (Å²) in [5, 5.41) is 0. The first-order chi connectivity index (χ1) is 13.6. The van der Waals surface area contributed by atoms with Crippen molar-refractivity contribution in [1.29, 1.82) is 0 Å². The maximum absolute atomic E-state index is 12.8. The van der Waals surface area contributed by atoms with E-state index in [1.807, 2.05) is 28.0 Å². The fourth-order valence-electron chi connectivity index (χ4n) is 4.61. The van der Waals surface area contributed by atoms with E-state index in [1.165, 1.54) is 0 Å². The molecular weight excluding hydrogens is 352 g/mol. The Hall–Kier alpha value is -2.37. The van der Waals surface area contributed by atoms with Gasteiger partial charge in [0.2, 0.25) is 11.8 Å². The minimum Gasteiger partial charge on any atom is -0.342 e. The molecule has 28 heavy (non-hydrogen) atoms. The van der Waals surface area contributed by atoms with E-state index >= 15 is 0 Å². The van der Waals surface area contributed by atoms with E-state index in [-0.39, 0.29) is 17.7 Å². The first kappa shape index (κ1) is 19.0. The lowest BCUT2D eigenvalue weighted by Crippen LogP contribution is -2.41. The second-order valence-corrected chi connectivity index (χ2v) is 8.14. The molecule has 6 heteroatoms. The van der Waals surface area contributed by atoms with Gasteiger partial charge in [-0.25, -0.2) is 4.98 Å². The molecule has 0 radical (unpaired) electrons. The number of imidazole rings is 1. The van der Waals surface area contributed by atoms with Crippen molar-refractivity contribution in [3.8, 4) is 0 Å². The Bertz CT molecular complexity index is 859. The molecule has 2 aliphatic heterocycles. The Labute approximate surface area is 166 Å². The van der Waals surface area contributed by atoms with E-state index in [4.69, 9.17) is 4.98 Å². The van der Waals surface area contributed by atoms with Gasteiger partial charge in [0.15, 0.2) is 0 Å². The molecule has 2 amide bonds. The number of carbonyl (C=O) groups is 2. The Morgan fingerprint density at radius 2 is 2.00 bits per heavy atom. The summed E-state index contributed by atoms with van der Waals surface area (Å²) in [7, 11) is 2.07. The van der Waals surface area contributed by atoms with Crippen molar-refractivity contribution in [2.45, 2.75) is 50.9 Å². The molecule has 0 bridgehead atoms. The van der Waals surface area contributed by atoms with Crippen molar-refractivity contribution >= 4 is 22.8 Å². The molecule has 6 nitrogen and oxygen atoms in total. The number of hydrogen-bond acceptors (Lipinski definition) is 3. The Morgan fingerprint density at radius 1 is 1.14 bits per heavy atom. The van der Waals surface area contributed by atoms with E-state index in [1.54, 1.807) is 0 Å². The van der Waals surface area contributed by atoms with Crippen molar-refractivity contribution in [2.75, 3.05) is 26.2 Å². The molecular formula is C22H30N4O2. The molecule has 1 aromatic heterocycles. The number of rotatable bonds is 4. The smallest absolute Gasteiger partial charge is 0.224 e. The van der Waals surface area contributed by atoms with E-state index in [0.29, 0.717) is 19.4 Å². The highest BCUT2D eigenvalue weighted by Gasteiger charge is 2.28. The molecule has 0 N–H and O–H groups in total. The number of hydrogen-bond donors (Lipinski definition) is 0. The second kappa shape index (κ2) is 8.33. The molecule has 0 spiro atoms. The van der Waals surface area contributed by atoms with Crippen LogP contribution in [0.3, 0.4) is 0 Å². The van der Waals surface area contributed by atoms with Crippen molar-refractivity contribution in [2.24, 2.45) is 7.05 Å². The fraction of sp³-hybridized carbons (Fsp3) is 0.591. The molecule has 1 unspecified atom stereocenters. The average Bonchev–Trinajstić information content (AvgIpc) is 2.92. The lowest BCUT2D eigenvalue weighted by molar-refractivity contribution is -0.135. The number of fused-ring (bicyclic) bond motifs is 1. The highest BCUT2D eigenvalue weighted by atomic mass is 16.2. The summed E-state index contributed by atoms with van der Waals surface area (Å²) >= 11 is 0.